The lowest BCUT2D eigenvalue weighted by Gasteiger charge is -2.08. The van der Waals surface area contributed by atoms with Gasteiger partial charge in [0.2, 0.25) is 0 Å². The van der Waals surface area contributed by atoms with E-state index in [9.17, 15) is 0 Å². The van der Waals surface area contributed by atoms with Crippen molar-refractivity contribution in [2.75, 3.05) is 0 Å². The summed E-state index contributed by atoms with van der Waals surface area (Å²) in [6.45, 7) is 4.05. The fourth-order valence-corrected chi connectivity index (χ4v) is 1.51. The Balaban J connectivity index is 2.35. The van der Waals surface area contributed by atoms with Crippen LogP contribution in [-0.4, -0.2) is 9.97 Å². The molecule has 0 bridgehead atoms. The molecule has 1 aromatic rings. The number of aromatic nitrogens is 2. The van der Waals surface area contributed by atoms with Gasteiger partial charge in [-0.2, -0.15) is 0 Å². The third-order valence-electron chi connectivity index (χ3n) is 2.58. The molecular formula is C11H17N3. The van der Waals surface area contributed by atoms with E-state index in [4.69, 9.17) is 5.73 Å². The van der Waals surface area contributed by atoms with E-state index in [1.165, 1.54) is 18.5 Å². The summed E-state index contributed by atoms with van der Waals surface area (Å²) in [5.41, 5.74) is 8.12. The quantitative estimate of drug-likeness (QED) is 0.794. The predicted octanol–water partition coefficient (Wildman–Crippen LogP) is 1.94. The Morgan fingerprint density at radius 3 is 2.71 bits per heavy atom. The normalized spacial score (nSPS) is 18.2. The van der Waals surface area contributed by atoms with E-state index in [1.54, 1.807) is 0 Å². The van der Waals surface area contributed by atoms with Crippen molar-refractivity contribution >= 4 is 0 Å². The Bertz CT molecular complexity index is 309. The molecule has 3 heteroatoms. The Morgan fingerprint density at radius 1 is 1.50 bits per heavy atom. The van der Waals surface area contributed by atoms with Crippen LogP contribution in [0.4, 0.5) is 0 Å². The number of hydrogen-bond donors (Lipinski definition) is 1. The summed E-state index contributed by atoms with van der Waals surface area (Å²) in [6.07, 6.45) is 3.51. The average molecular weight is 191 g/mol. The van der Waals surface area contributed by atoms with Crippen LogP contribution in [0.5, 0.6) is 0 Å². The standard InChI is InChI=1S/C11H17N3/c1-3-9-6-10(8-4-5-8)14-11(13-9)7(2)12/h6-8H,3-5,12H2,1-2H3. The Kier molecular flexibility index (Phi) is 2.50. The highest BCUT2D eigenvalue weighted by Crippen LogP contribution is 2.39. The van der Waals surface area contributed by atoms with Gasteiger partial charge >= 0.3 is 0 Å². The molecule has 1 fully saturated rings. The average Bonchev–Trinajstić information content (AvgIpc) is 3.00. The second-order valence-corrected chi connectivity index (χ2v) is 4.06. The van der Waals surface area contributed by atoms with Crippen LogP contribution in [0.3, 0.4) is 0 Å². The van der Waals surface area contributed by atoms with E-state index in [1.807, 2.05) is 6.92 Å². The molecule has 14 heavy (non-hydrogen) atoms. The maximum Gasteiger partial charge on any atom is 0.145 e. The van der Waals surface area contributed by atoms with Crippen molar-refractivity contribution < 1.29 is 0 Å². The van der Waals surface area contributed by atoms with Crippen LogP contribution in [0.1, 0.15) is 55.9 Å². The van der Waals surface area contributed by atoms with Gasteiger partial charge in [-0.1, -0.05) is 6.92 Å². The number of hydrogen-bond acceptors (Lipinski definition) is 3. The Hall–Kier alpha value is -0.960. The molecule has 0 amide bonds. The second kappa shape index (κ2) is 3.65. The zero-order valence-corrected chi connectivity index (χ0v) is 8.83. The van der Waals surface area contributed by atoms with E-state index in [0.717, 1.165) is 17.9 Å². The molecule has 1 aliphatic rings. The van der Waals surface area contributed by atoms with Crippen LogP contribution in [-0.2, 0) is 6.42 Å². The van der Waals surface area contributed by atoms with E-state index < -0.39 is 0 Å². The first-order chi connectivity index (χ1) is 6.70. The molecule has 3 nitrogen and oxygen atoms in total. The third-order valence-corrected chi connectivity index (χ3v) is 2.58. The first-order valence-electron chi connectivity index (χ1n) is 5.34. The summed E-state index contributed by atoms with van der Waals surface area (Å²) < 4.78 is 0. The SMILES string of the molecule is CCc1cc(C2CC2)nc(C(C)N)n1. The van der Waals surface area contributed by atoms with E-state index in [2.05, 4.69) is 23.0 Å². The van der Waals surface area contributed by atoms with Gasteiger partial charge in [-0.15, -0.1) is 0 Å². The van der Waals surface area contributed by atoms with Crippen molar-refractivity contribution in [3.05, 3.63) is 23.3 Å². The van der Waals surface area contributed by atoms with Crippen molar-refractivity contribution in [1.29, 1.82) is 0 Å². The Labute approximate surface area is 84.8 Å². The van der Waals surface area contributed by atoms with Gasteiger partial charge in [-0.05, 0) is 32.3 Å². The van der Waals surface area contributed by atoms with Crippen LogP contribution in [0.25, 0.3) is 0 Å². The van der Waals surface area contributed by atoms with Gasteiger partial charge in [0.05, 0.1) is 6.04 Å². The highest BCUT2D eigenvalue weighted by atomic mass is 14.9. The molecule has 0 radical (unpaired) electrons. The van der Waals surface area contributed by atoms with E-state index in [-0.39, 0.29) is 6.04 Å². The van der Waals surface area contributed by atoms with Crippen molar-refractivity contribution in [3.8, 4) is 0 Å². The van der Waals surface area contributed by atoms with Crippen LogP contribution in [0, 0.1) is 0 Å². The van der Waals surface area contributed by atoms with Crippen LogP contribution >= 0.6 is 0 Å². The van der Waals surface area contributed by atoms with E-state index in [0.29, 0.717) is 5.92 Å². The van der Waals surface area contributed by atoms with Crippen LogP contribution in [0.15, 0.2) is 6.07 Å². The minimum Gasteiger partial charge on any atom is -0.322 e. The zero-order valence-electron chi connectivity index (χ0n) is 8.83. The topological polar surface area (TPSA) is 51.8 Å². The smallest absolute Gasteiger partial charge is 0.145 e. The summed E-state index contributed by atoms with van der Waals surface area (Å²) in [6, 6.07) is 2.07. The summed E-state index contributed by atoms with van der Waals surface area (Å²) in [7, 11) is 0. The predicted molar refractivity (Wildman–Crippen MR) is 56.0 cm³/mol. The molecule has 0 aromatic carbocycles. The van der Waals surface area contributed by atoms with Gasteiger partial charge in [0.1, 0.15) is 5.82 Å². The molecule has 76 valence electrons. The monoisotopic (exact) mass is 191 g/mol. The van der Waals surface area contributed by atoms with Crippen molar-refractivity contribution in [1.82, 2.24) is 9.97 Å². The van der Waals surface area contributed by atoms with Crippen LogP contribution in [0.2, 0.25) is 0 Å². The lowest BCUT2D eigenvalue weighted by atomic mass is 10.2. The van der Waals surface area contributed by atoms with Gasteiger partial charge < -0.3 is 5.73 Å². The zero-order chi connectivity index (χ0) is 10.1. The fourth-order valence-electron chi connectivity index (χ4n) is 1.51. The van der Waals surface area contributed by atoms with Gasteiger partial charge in [0.15, 0.2) is 0 Å². The molecule has 1 unspecified atom stereocenters. The highest BCUT2D eigenvalue weighted by molar-refractivity contribution is 5.20. The van der Waals surface area contributed by atoms with Crippen molar-refractivity contribution in [3.63, 3.8) is 0 Å². The molecule has 1 aromatic heterocycles. The first kappa shape index (κ1) is 9.59. The molecule has 1 atom stereocenters. The minimum absolute atomic E-state index is 0.0565. The molecule has 1 aliphatic carbocycles. The summed E-state index contributed by atoms with van der Waals surface area (Å²) >= 11 is 0. The maximum atomic E-state index is 5.80. The van der Waals surface area contributed by atoms with Gasteiger partial charge in [-0.25, -0.2) is 9.97 Å². The molecule has 1 heterocycles. The maximum absolute atomic E-state index is 5.80. The Morgan fingerprint density at radius 2 is 2.21 bits per heavy atom. The molecule has 2 N–H and O–H groups in total. The van der Waals surface area contributed by atoms with Gasteiger partial charge in [0.25, 0.3) is 0 Å². The minimum atomic E-state index is -0.0565. The lowest BCUT2D eigenvalue weighted by Crippen LogP contribution is -2.12. The number of rotatable bonds is 3. The van der Waals surface area contributed by atoms with Crippen molar-refractivity contribution in [2.24, 2.45) is 5.73 Å². The molecular weight excluding hydrogens is 174 g/mol. The van der Waals surface area contributed by atoms with E-state index >= 15 is 0 Å². The molecule has 1 saturated carbocycles. The summed E-state index contributed by atoms with van der Waals surface area (Å²) in [5.74, 6) is 1.48. The number of nitrogens with zero attached hydrogens (tertiary/aromatic N) is 2. The fraction of sp³-hybridized carbons (Fsp3) is 0.636. The largest absolute Gasteiger partial charge is 0.322 e. The van der Waals surface area contributed by atoms with Crippen LogP contribution < -0.4 is 5.73 Å². The summed E-state index contributed by atoms with van der Waals surface area (Å²) in [5, 5.41) is 0. The third kappa shape index (κ3) is 1.93. The molecule has 0 saturated heterocycles. The summed E-state index contributed by atoms with van der Waals surface area (Å²) in [4.78, 5) is 8.93. The van der Waals surface area contributed by atoms with Crippen molar-refractivity contribution in [2.45, 2.75) is 45.1 Å². The molecule has 0 aliphatic heterocycles. The van der Waals surface area contributed by atoms with Gasteiger partial charge in [-0.3, -0.25) is 0 Å². The molecule has 0 spiro atoms. The number of nitrogens with two attached hydrogens (primary N) is 1. The molecule has 2 rings (SSSR count). The van der Waals surface area contributed by atoms with Gasteiger partial charge in [0, 0.05) is 17.3 Å². The number of aryl methyl sites for hydroxylation is 1. The lowest BCUT2D eigenvalue weighted by molar-refractivity contribution is 0.713. The first-order valence-corrected chi connectivity index (χ1v) is 5.34. The highest BCUT2D eigenvalue weighted by Gasteiger charge is 2.26. The second-order valence-electron chi connectivity index (χ2n) is 4.06.